The number of thiophene rings is 1. The van der Waals surface area contributed by atoms with Gasteiger partial charge in [0.05, 0.1) is 24.9 Å². The van der Waals surface area contributed by atoms with Gasteiger partial charge in [-0.1, -0.05) is 36.9 Å². The summed E-state index contributed by atoms with van der Waals surface area (Å²) >= 11 is 2.75. The standard InChI is InChI=1S/C23H27N3O3S2/c1-3-17-9-6-7-12-25(17)20(27)15-31-23-24-18-11-13-30-21(18)22(28)26(23)14-16-8-4-5-10-19(16)29-2/h4-5,8,10-11,13,17H,3,6-7,9,12,14-15H2,1-2H3. The number of aromatic nitrogens is 2. The van der Waals surface area contributed by atoms with Crippen molar-refractivity contribution < 1.29 is 9.53 Å². The third kappa shape index (κ3) is 4.65. The third-order valence-electron chi connectivity index (χ3n) is 5.80. The van der Waals surface area contributed by atoms with Crippen LogP contribution in [0.2, 0.25) is 0 Å². The molecule has 0 saturated carbocycles. The molecular weight excluding hydrogens is 430 g/mol. The normalized spacial score (nSPS) is 16.6. The zero-order valence-corrected chi connectivity index (χ0v) is 19.5. The fourth-order valence-electron chi connectivity index (χ4n) is 4.14. The number of fused-ring (bicyclic) bond motifs is 1. The molecule has 1 aliphatic rings. The van der Waals surface area contributed by atoms with Crippen LogP contribution in [0.15, 0.2) is 45.7 Å². The molecule has 1 amide bonds. The lowest BCUT2D eigenvalue weighted by Crippen LogP contribution is -2.44. The lowest BCUT2D eigenvalue weighted by Gasteiger charge is -2.35. The van der Waals surface area contributed by atoms with E-state index in [4.69, 9.17) is 9.72 Å². The molecule has 0 aliphatic carbocycles. The highest BCUT2D eigenvalue weighted by molar-refractivity contribution is 7.99. The number of ether oxygens (including phenoxy) is 1. The zero-order chi connectivity index (χ0) is 21.8. The molecule has 0 radical (unpaired) electrons. The molecule has 3 aromatic rings. The van der Waals surface area contributed by atoms with Crippen molar-refractivity contribution in [1.82, 2.24) is 14.5 Å². The minimum absolute atomic E-state index is 0.0785. The lowest BCUT2D eigenvalue weighted by molar-refractivity contribution is -0.132. The molecule has 6 nitrogen and oxygen atoms in total. The molecule has 0 spiro atoms. The number of methoxy groups -OCH3 is 1. The van der Waals surface area contributed by atoms with Crippen LogP contribution >= 0.6 is 23.1 Å². The summed E-state index contributed by atoms with van der Waals surface area (Å²) < 4.78 is 7.77. The molecule has 1 aliphatic heterocycles. The molecule has 164 valence electrons. The predicted octanol–water partition coefficient (Wildman–Crippen LogP) is 4.40. The maximum atomic E-state index is 13.2. The van der Waals surface area contributed by atoms with Crippen LogP contribution in [0.3, 0.4) is 0 Å². The summed E-state index contributed by atoms with van der Waals surface area (Å²) in [6.45, 7) is 3.31. The molecular formula is C23H27N3O3S2. The van der Waals surface area contributed by atoms with E-state index in [1.165, 1.54) is 29.5 Å². The van der Waals surface area contributed by atoms with Gasteiger partial charge in [0, 0.05) is 18.2 Å². The molecule has 1 unspecified atom stereocenters. The summed E-state index contributed by atoms with van der Waals surface area (Å²) in [5, 5.41) is 2.45. The third-order valence-corrected chi connectivity index (χ3v) is 7.65. The summed E-state index contributed by atoms with van der Waals surface area (Å²) in [6, 6.07) is 9.85. The van der Waals surface area contributed by atoms with Gasteiger partial charge in [-0.3, -0.25) is 14.2 Å². The zero-order valence-electron chi connectivity index (χ0n) is 17.9. The van der Waals surface area contributed by atoms with Crippen LogP contribution in [-0.4, -0.2) is 45.8 Å². The number of carbonyl (C=O) groups is 1. The number of benzene rings is 1. The van der Waals surface area contributed by atoms with Gasteiger partial charge in [0.15, 0.2) is 5.16 Å². The number of carbonyl (C=O) groups excluding carboxylic acids is 1. The van der Waals surface area contributed by atoms with Crippen LogP contribution in [-0.2, 0) is 11.3 Å². The summed E-state index contributed by atoms with van der Waals surface area (Å²) in [5.74, 6) is 1.14. The Labute approximate surface area is 190 Å². The minimum Gasteiger partial charge on any atom is -0.496 e. The molecule has 31 heavy (non-hydrogen) atoms. The van der Waals surface area contributed by atoms with Gasteiger partial charge >= 0.3 is 0 Å². The van der Waals surface area contributed by atoms with Crippen molar-refractivity contribution in [2.45, 2.75) is 50.4 Å². The van der Waals surface area contributed by atoms with Crippen LogP contribution in [0, 0.1) is 0 Å². The quantitative estimate of drug-likeness (QED) is 0.389. The smallest absolute Gasteiger partial charge is 0.272 e. The number of amides is 1. The predicted molar refractivity (Wildman–Crippen MR) is 126 cm³/mol. The second-order valence-corrected chi connectivity index (χ2v) is 9.52. The Kier molecular flexibility index (Phi) is 6.97. The number of para-hydroxylation sites is 1. The van der Waals surface area contributed by atoms with Crippen molar-refractivity contribution in [3.05, 3.63) is 51.6 Å². The van der Waals surface area contributed by atoms with Crippen LogP contribution in [0.1, 0.15) is 38.2 Å². The van der Waals surface area contributed by atoms with E-state index in [0.29, 0.717) is 28.0 Å². The monoisotopic (exact) mass is 457 g/mol. The number of hydrogen-bond acceptors (Lipinski definition) is 6. The number of rotatable bonds is 7. The highest BCUT2D eigenvalue weighted by atomic mass is 32.2. The molecule has 1 fully saturated rings. The Morgan fingerprint density at radius 3 is 2.94 bits per heavy atom. The SMILES string of the molecule is CCC1CCCCN1C(=O)CSc1nc2ccsc2c(=O)n1Cc1ccccc1OC. The van der Waals surface area contributed by atoms with Gasteiger partial charge in [-0.05, 0) is 43.2 Å². The number of piperidine rings is 1. The average Bonchev–Trinajstić information content (AvgIpc) is 3.28. The Hall–Kier alpha value is -2.32. The lowest BCUT2D eigenvalue weighted by atomic mass is 10.0. The number of likely N-dealkylation sites (tertiary alicyclic amines) is 1. The van der Waals surface area contributed by atoms with Gasteiger partial charge in [0.1, 0.15) is 10.4 Å². The Morgan fingerprint density at radius 2 is 2.13 bits per heavy atom. The topological polar surface area (TPSA) is 64.4 Å². The van der Waals surface area contributed by atoms with Crippen molar-refractivity contribution in [2.24, 2.45) is 0 Å². The second-order valence-electron chi connectivity index (χ2n) is 7.67. The van der Waals surface area contributed by atoms with Crippen LogP contribution in [0.25, 0.3) is 10.2 Å². The Bertz CT molecular complexity index is 1120. The van der Waals surface area contributed by atoms with Crippen molar-refractivity contribution in [3.8, 4) is 5.75 Å². The van der Waals surface area contributed by atoms with E-state index in [1.807, 2.05) is 40.6 Å². The molecule has 3 heterocycles. The first-order chi connectivity index (χ1) is 15.1. The first-order valence-corrected chi connectivity index (χ1v) is 12.5. The first-order valence-electron chi connectivity index (χ1n) is 10.6. The summed E-state index contributed by atoms with van der Waals surface area (Å²) in [7, 11) is 1.62. The maximum Gasteiger partial charge on any atom is 0.272 e. The van der Waals surface area contributed by atoms with Crippen LogP contribution in [0.4, 0.5) is 0 Å². The average molecular weight is 458 g/mol. The van der Waals surface area contributed by atoms with Gasteiger partial charge in [-0.15, -0.1) is 11.3 Å². The Morgan fingerprint density at radius 1 is 1.29 bits per heavy atom. The van der Waals surface area contributed by atoms with Crippen molar-refractivity contribution >= 4 is 39.2 Å². The minimum atomic E-state index is -0.0785. The Balaban J connectivity index is 1.63. The van der Waals surface area contributed by atoms with E-state index >= 15 is 0 Å². The fraction of sp³-hybridized carbons (Fsp3) is 0.435. The summed E-state index contributed by atoms with van der Waals surface area (Å²) in [6.07, 6.45) is 4.30. The summed E-state index contributed by atoms with van der Waals surface area (Å²) in [4.78, 5) is 33.0. The van der Waals surface area contributed by atoms with Gasteiger partial charge < -0.3 is 9.64 Å². The molecule has 8 heteroatoms. The summed E-state index contributed by atoms with van der Waals surface area (Å²) in [5.41, 5.74) is 1.51. The number of nitrogens with zero attached hydrogens (tertiary/aromatic N) is 3. The van der Waals surface area contributed by atoms with Gasteiger partial charge in [-0.2, -0.15) is 0 Å². The van der Waals surface area contributed by atoms with E-state index in [9.17, 15) is 9.59 Å². The van der Waals surface area contributed by atoms with Crippen molar-refractivity contribution in [2.75, 3.05) is 19.4 Å². The number of thioether (sulfide) groups is 1. The molecule has 0 bridgehead atoms. The number of hydrogen-bond donors (Lipinski definition) is 0. The largest absolute Gasteiger partial charge is 0.496 e. The maximum absolute atomic E-state index is 13.2. The van der Waals surface area contributed by atoms with Gasteiger partial charge in [0.2, 0.25) is 5.91 Å². The van der Waals surface area contributed by atoms with E-state index in [-0.39, 0.29) is 17.2 Å². The molecule has 1 saturated heterocycles. The second kappa shape index (κ2) is 9.87. The molecule has 1 atom stereocenters. The molecule has 2 aromatic heterocycles. The molecule has 0 N–H and O–H groups in total. The van der Waals surface area contributed by atoms with Gasteiger partial charge in [-0.25, -0.2) is 4.98 Å². The highest BCUT2D eigenvalue weighted by Crippen LogP contribution is 2.26. The van der Waals surface area contributed by atoms with E-state index in [0.717, 1.165) is 37.1 Å². The first kappa shape index (κ1) is 21.9. The van der Waals surface area contributed by atoms with Crippen molar-refractivity contribution in [1.29, 1.82) is 0 Å². The van der Waals surface area contributed by atoms with Crippen molar-refractivity contribution in [3.63, 3.8) is 0 Å². The fourth-order valence-corrected chi connectivity index (χ4v) is 5.80. The van der Waals surface area contributed by atoms with E-state index < -0.39 is 0 Å². The molecule has 4 rings (SSSR count). The van der Waals surface area contributed by atoms with E-state index in [2.05, 4.69) is 6.92 Å². The van der Waals surface area contributed by atoms with Crippen LogP contribution < -0.4 is 10.3 Å². The highest BCUT2D eigenvalue weighted by Gasteiger charge is 2.26. The molecule has 1 aromatic carbocycles. The van der Waals surface area contributed by atoms with Gasteiger partial charge in [0.25, 0.3) is 5.56 Å². The van der Waals surface area contributed by atoms with Crippen LogP contribution in [0.5, 0.6) is 5.75 Å². The van der Waals surface area contributed by atoms with E-state index in [1.54, 1.807) is 11.7 Å².